The molecule has 3 rings (SSSR count). The van der Waals surface area contributed by atoms with Gasteiger partial charge >= 0.3 is 18.7 Å². The van der Waals surface area contributed by atoms with Crippen LogP contribution in [0.2, 0.25) is 0 Å². The van der Waals surface area contributed by atoms with Crippen LogP contribution in [-0.2, 0) is 19.1 Å². The van der Waals surface area contributed by atoms with Crippen molar-refractivity contribution in [2.24, 2.45) is 0 Å². The molecule has 0 aliphatic heterocycles. The molecule has 9 nitrogen and oxygen atoms in total. The monoisotopic (exact) mass is 615 g/mol. The second kappa shape index (κ2) is 12.5. The summed E-state index contributed by atoms with van der Waals surface area (Å²) in [4.78, 5) is 20.4. The Bertz CT molecular complexity index is 1390. The van der Waals surface area contributed by atoms with Gasteiger partial charge in [0.05, 0.1) is 49.6 Å². The average Bonchev–Trinajstić information content (AvgIpc) is 3.36. The summed E-state index contributed by atoms with van der Waals surface area (Å²) in [6, 6.07) is 0.918. The summed E-state index contributed by atoms with van der Waals surface area (Å²) < 4.78 is 119. The summed E-state index contributed by atoms with van der Waals surface area (Å²) in [6.45, 7) is -2.98. The number of nitrogens with zero attached hydrogens (tertiary/aromatic N) is 3. The molecule has 0 saturated heterocycles. The number of hydrogen-bond acceptors (Lipinski definition) is 7. The summed E-state index contributed by atoms with van der Waals surface area (Å²) in [5.41, 5.74) is -3.68. The zero-order chi connectivity index (χ0) is 31.5. The molecule has 3 aromatic rings. The first kappa shape index (κ1) is 32.6. The molecule has 42 heavy (non-hydrogen) atoms. The Kier molecular flexibility index (Phi) is 9.74. The molecule has 0 spiro atoms. The minimum absolute atomic E-state index is 0.252. The molecule has 0 fully saturated rings. The predicted octanol–water partition coefficient (Wildman–Crippen LogP) is 4.12. The van der Waals surface area contributed by atoms with Gasteiger partial charge in [0.25, 0.3) is 5.91 Å². The zero-order valence-electron chi connectivity index (χ0n) is 21.0. The van der Waals surface area contributed by atoms with Crippen LogP contribution in [0.25, 0.3) is 11.3 Å². The van der Waals surface area contributed by atoms with E-state index in [1.165, 1.54) is 0 Å². The minimum atomic E-state index is -5.22. The van der Waals surface area contributed by atoms with Crippen LogP contribution in [0.3, 0.4) is 0 Å². The molecule has 18 heteroatoms. The largest absolute Gasteiger partial charge is 0.489 e. The predicted molar refractivity (Wildman–Crippen MR) is 127 cm³/mol. The molecular weight excluding hydrogens is 593 g/mol. The number of benzene rings is 1. The number of amides is 1. The third-order valence-electron chi connectivity index (χ3n) is 5.85. The van der Waals surface area contributed by atoms with Crippen LogP contribution in [-0.4, -0.2) is 61.2 Å². The van der Waals surface area contributed by atoms with Crippen molar-refractivity contribution in [2.45, 2.75) is 43.8 Å². The number of aromatic nitrogens is 3. The van der Waals surface area contributed by atoms with Crippen LogP contribution >= 0.6 is 0 Å². The van der Waals surface area contributed by atoms with E-state index in [0.29, 0.717) is 18.3 Å². The molecule has 0 radical (unpaired) electrons. The topological polar surface area (TPSA) is 133 Å². The number of alkyl halides is 9. The van der Waals surface area contributed by atoms with E-state index in [0.717, 1.165) is 24.5 Å². The molecule has 1 unspecified atom stereocenters. The molecule has 2 aromatic heterocycles. The van der Waals surface area contributed by atoms with Gasteiger partial charge in [0, 0.05) is 17.3 Å². The first-order chi connectivity index (χ1) is 19.5. The SMILES string of the molecule is O=C(N[C@H](CO)c1cccc(C(F)(F)F)c1)c1cc(-c2ncnc(NC(CO)CC(F)(F)F)c2CO)cn1C(F)(F)F. The van der Waals surface area contributed by atoms with Crippen molar-refractivity contribution >= 4 is 11.7 Å². The fourth-order valence-corrected chi connectivity index (χ4v) is 3.94. The van der Waals surface area contributed by atoms with E-state index in [-0.39, 0.29) is 11.1 Å². The fourth-order valence-electron chi connectivity index (χ4n) is 3.94. The van der Waals surface area contributed by atoms with Gasteiger partial charge in [-0.2, -0.15) is 26.3 Å². The molecule has 1 aromatic carbocycles. The van der Waals surface area contributed by atoms with E-state index in [1.807, 2.05) is 5.32 Å². The number of halogens is 9. The van der Waals surface area contributed by atoms with E-state index in [2.05, 4.69) is 15.3 Å². The maximum Gasteiger partial charge on any atom is 0.489 e. The normalized spacial score (nSPS) is 14.0. The Labute approximate surface area is 230 Å². The van der Waals surface area contributed by atoms with Crippen LogP contribution in [0.15, 0.2) is 42.9 Å². The molecule has 0 saturated carbocycles. The maximum atomic E-state index is 13.9. The van der Waals surface area contributed by atoms with Gasteiger partial charge in [0.15, 0.2) is 0 Å². The fraction of sp³-hybridized carbons (Fsp3) is 0.375. The standard InChI is InChI=1S/C24H22F9N5O4/c25-22(26,27)6-15(8-39)36-20-16(9-40)19(34-11-35-20)13-5-18(38(7-13)24(31,32)33)21(42)37-17(10-41)12-2-1-3-14(4-12)23(28,29)30/h1-5,7,11,15,17,39-41H,6,8-10H2,(H,37,42)(H,34,35,36)/t15?,17-/m1/s1. The Morgan fingerprint density at radius 2 is 1.64 bits per heavy atom. The first-order valence-electron chi connectivity index (χ1n) is 11.8. The summed E-state index contributed by atoms with van der Waals surface area (Å²) >= 11 is 0. The lowest BCUT2D eigenvalue weighted by molar-refractivity contribution is -0.204. The van der Waals surface area contributed by atoms with Crippen LogP contribution in [0.5, 0.6) is 0 Å². The van der Waals surface area contributed by atoms with Crippen LogP contribution in [0, 0.1) is 0 Å². The van der Waals surface area contributed by atoms with Gasteiger partial charge in [-0.3, -0.25) is 9.36 Å². The molecule has 230 valence electrons. The van der Waals surface area contributed by atoms with E-state index in [4.69, 9.17) is 0 Å². The minimum Gasteiger partial charge on any atom is -0.394 e. The summed E-state index contributed by atoms with van der Waals surface area (Å²) in [5, 5.41) is 33.1. The molecule has 2 atom stereocenters. The van der Waals surface area contributed by atoms with Crippen molar-refractivity contribution < 1.29 is 59.6 Å². The van der Waals surface area contributed by atoms with Gasteiger partial charge in [0.2, 0.25) is 0 Å². The van der Waals surface area contributed by atoms with E-state index in [9.17, 15) is 59.6 Å². The third kappa shape index (κ3) is 7.89. The Hall–Kier alpha value is -3.90. The van der Waals surface area contributed by atoms with Crippen LogP contribution in [0.4, 0.5) is 45.3 Å². The van der Waals surface area contributed by atoms with Crippen molar-refractivity contribution in [3.05, 3.63) is 65.2 Å². The summed E-state index contributed by atoms with van der Waals surface area (Å²) in [6.07, 6.45) is -15.1. The van der Waals surface area contributed by atoms with Crippen molar-refractivity contribution in [1.82, 2.24) is 19.9 Å². The quantitative estimate of drug-likeness (QED) is 0.217. The van der Waals surface area contributed by atoms with Gasteiger partial charge in [-0.05, 0) is 23.8 Å². The molecule has 2 heterocycles. The summed E-state index contributed by atoms with van der Waals surface area (Å²) in [5.74, 6) is -1.89. The number of nitrogens with one attached hydrogen (secondary N) is 2. The molecule has 1 amide bonds. The Balaban J connectivity index is 2.01. The number of hydrogen-bond donors (Lipinski definition) is 5. The molecule has 0 aliphatic carbocycles. The van der Waals surface area contributed by atoms with Crippen LogP contribution < -0.4 is 10.6 Å². The number of aliphatic hydroxyl groups is 3. The average molecular weight is 615 g/mol. The molecule has 0 bridgehead atoms. The van der Waals surface area contributed by atoms with Gasteiger partial charge in [-0.25, -0.2) is 9.97 Å². The maximum absolute atomic E-state index is 13.9. The Morgan fingerprint density at radius 1 is 0.952 bits per heavy atom. The molecular formula is C24H22F9N5O4. The number of rotatable bonds is 10. The van der Waals surface area contributed by atoms with E-state index >= 15 is 0 Å². The number of carbonyl (C=O) groups is 1. The molecule has 5 N–H and O–H groups in total. The highest BCUT2D eigenvalue weighted by molar-refractivity contribution is 5.94. The van der Waals surface area contributed by atoms with Gasteiger partial charge in [0.1, 0.15) is 17.8 Å². The second-order valence-corrected chi connectivity index (χ2v) is 8.83. The van der Waals surface area contributed by atoms with E-state index in [1.54, 1.807) is 0 Å². The third-order valence-corrected chi connectivity index (χ3v) is 5.85. The van der Waals surface area contributed by atoms with Crippen LogP contribution in [0.1, 0.15) is 39.6 Å². The zero-order valence-corrected chi connectivity index (χ0v) is 21.0. The molecule has 0 aliphatic rings. The van der Waals surface area contributed by atoms with E-state index < -0.39 is 95.8 Å². The highest BCUT2D eigenvalue weighted by Crippen LogP contribution is 2.34. The lowest BCUT2D eigenvalue weighted by Gasteiger charge is -2.20. The highest BCUT2D eigenvalue weighted by Gasteiger charge is 2.37. The smallest absolute Gasteiger partial charge is 0.394 e. The summed E-state index contributed by atoms with van der Waals surface area (Å²) in [7, 11) is 0. The number of aliphatic hydroxyl groups excluding tert-OH is 3. The first-order valence-corrected chi connectivity index (χ1v) is 11.8. The highest BCUT2D eigenvalue weighted by atomic mass is 19.4. The second-order valence-electron chi connectivity index (χ2n) is 8.83. The van der Waals surface area contributed by atoms with Gasteiger partial charge in [-0.15, -0.1) is 13.2 Å². The lowest BCUT2D eigenvalue weighted by atomic mass is 10.0. The number of carbonyl (C=O) groups excluding carboxylic acids is 1. The van der Waals surface area contributed by atoms with Gasteiger partial charge < -0.3 is 26.0 Å². The Morgan fingerprint density at radius 3 is 2.19 bits per heavy atom. The van der Waals surface area contributed by atoms with Crippen molar-refractivity contribution in [3.63, 3.8) is 0 Å². The van der Waals surface area contributed by atoms with Crippen molar-refractivity contribution in [1.29, 1.82) is 0 Å². The van der Waals surface area contributed by atoms with Gasteiger partial charge in [-0.1, -0.05) is 12.1 Å². The number of anilines is 1. The lowest BCUT2D eigenvalue weighted by Crippen LogP contribution is -2.34. The van der Waals surface area contributed by atoms with Crippen molar-refractivity contribution in [3.8, 4) is 11.3 Å². The van der Waals surface area contributed by atoms with Crippen molar-refractivity contribution in [2.75, 3.05) is 18.5 Å².